The fourth-order valence-electron chi connectivity index (χ4n) is 8.33. The van der Waals surface area contributed by atoms with Gasteiger partial charge in [0.2, 0.25) is 5.95 Å². The molecule has 11 rings (SSSR count). The average Bonchev–Trinajstić information content (AvgIpc) is 3.77. The number of nitrogens with zero attached hydrogens (tertiary/aromatic N) is 4. The van der Waals surface area contributed by atoms with Crippen molar-refractivity contribution in [2.45, 2.75) is 0 Å². The van der Waals surface area contributed by atoms with E-state index in [0.717, 1.165) is 55.4 Å². The molecule has 4 nitrogen and oxygen atoms in total. The Hall–Kier alpha value is -7.30. The fraction of sp³-hybridized carbons (Fsp3) is 0. The molecule has 3 aromatic heterocycles. The van der Waals surface area contributed by atoms with Gasteiger partial charge in [-0.2, -0.15) is 0 Å². The maximum absolute atomic E-state index is 5.41. The van der Waals surface area contributed by atoms with Gasteiger partial charge in [-0.05, 0) is 70.8 Å². The van der Waals surface area contributed by atoms with Crippen molar-refractivity contribution >= 4 is 54.5 Å². The SMILES string of the molecule is c1ccc(-c2cccc(-c3nc(-n4c5ccccc5c5c(-c6ccc7c8ccccc8n(-c8ccccc8)c7c6)cccc54)nc4ccccc34)c2)cc1. The molecule has 252 valence electrons. The standard InChI is InChI=1S/C50H32N4/c1-3-15-33(16-4-1)34-17-13-18-36(31-34)49-41-22-7-10-25-43(41)51-50(52-49)54-45-27-12-9-23-42(45)48-38(24-14-28-46(48)54)35-29-30-40-39-21-8-11-26-44(39)53(47(40)32-35)37-19-5-2-6-20-37/h1-32H. The molecule has 11 aromatic rings. The Labute approximate surface area is 311 Å². The van der Waals surface area contributed by atoms with Gasteiger partial charge in [-0.15, -0.1) is 0 Å². The van der Waals surface area contributed by atoms with Gasteiger partial charge in [-0.25, -0.2) is 9.97 Å². The monoisotopic (exact) mass is 688 g/mol. The smallest absolute Gasteiger partial charge is 0.235 e. The third-order valence-electron chi connectivity index (χ3n) is 10.7. The summed E-state index contributed by atoms with van der Waals surface area (Å²) in [6.07, 6.45) is 0. The first-order valence-corrected chi connectivity index (χ1v) is 18.3. The van der Waals surface area contributed by atoms with E-state index in [1.807, 2.05) is 0 Å². The van der Waals surface area contributed by atoms with Gasteiger partial charge in [0.1, 0.15) is 0 Å². The van der Waals surface area contributed by atoms with Gasteiger partial charge >= 0.3 is 0 Å². The molecule has 0 amide bonds. The molecule has 0 aliphatic carbocycles. The predicted molar refractivity (Wildman–Crippen MR) is 225 cm³/mol. The van der Waals surface area contributed by atoms with Crippen LogP contribution in [0.25, 0.3) is 99.7 Å². The second-order valence-corrected chi connectivity index (χ2v) is 13.8. The molecule has 0 bridgehead atoms. The summed E-state index contributed by atoms with van der Waals surface area (Å²) >= 11 is 0. The zero-order chi connectivity index (χ0) is 35.6. The Balaban J connectivity index is 1.15. The molecular formula is C50H32N4. The first-order chi connectivity index (χ1) is 26.8. The van der Waals surface area contributed by atoms with Crippen LogP contribution in [-0.2, 0) is 0 Å². The van der Waals surface area contributed by atoms with Crippen LogP contribution in [0.2, 0.25) is 0 Å². The Kier molecular flexibility index (Phi) is 6.82. The number of benzene rings is 8. The summed E-state index contributed by atoms with van der Waals surface area (Å²) in [5.41, 5.74) is 13.2. The Morgan fingerprint density at radius 1 is 0.333 bits per heavy atom. The minimum Gasteiger partial charge on any atom is -0.309 e. The minimum atomic E-state index is 0.650. The number of fused-ring (bicyclic) bond motifs is 7. The highest BCUT2D eigenvalue weighted by atomic mass is 15.2. The zero-order valence-corrected chi connectivity index (χ0v) is 29.3. The lowest BCUT2D eigenvalue weighted by Crippen LogP contribution is -2.03. The van der Waals surface area contributed by atoms with Crippen LogP contribution >= 0.6 is 0 Å². The van der Waals surface area contributed by atoms with Crippen molar-refractivity contribution in [3.05, 3.63) is 194 Å². The van der Waals surface area contributed by atoms with Crippen molar-refractivity contribution in [3.8, 4) is 45.1 Å². The van der Waals surface area contributed by atoms with Gasteiger partial charge < -0.3 is 4.57 Å². The van der Waals surface area contributed by atoms with Crippen LogP contribution in [0, 0.1) is 0 Å². The molecular weight excluding hydrogens is 657 g/mol. The normalized spacial score (nSPS) is 11.7. The molecule has 0 radical (unpaired) electrons. The van der Waals surface area contributed by atoms with Crippen molar-refractivity contribution < 1.29 is 0 Å². The average molecular weight is 689 g/mol. The van der Waals surface area contributed by atoms with Gasteiger partial charge in [0, 0.05) is 38.2 Å². The van der Waals surface area contributed by atoms with Crippen LogP contribution in [0.15, 0.2) is 194 Å². The highest BCUT2D eigenvalue weighted by molar-refractivity contribution is 6.17. The molecule has 0 atom stereocenters. The van der Waals surface area contributed by atoms with Crippen molar-refractivity contribution in [1.82, 2.24) is 19.1 Å². The van der Waals surface area contributed by atoms with Crippen LogP contribution in [0.3, 0.4) is 0 Å². The summed E-state index contributed by atoms with van der Waals surface area (Å²) in [6.45, 7) is 0. The van der Waals surface area contributed by atoms with Crippen LogP contribution < -0.4 is 0 Å². The van der Waals surface area contributed by atoms with E-state index in [2.05, 4.69) is 203 Å². The molecule has 8 aromatic carbocycles. The number of hydrogen-bond donors (Lipinski definition) is 0. The van der Waals surface area contributed by atoms with Gasteiger partial charge in [0.15, 0.2) is 0 Å². The highest BCUT2D eigenvalue weighted by Gasteiger charge is 2.21. The number of hydrogen-bond acceptors (Lipinski definition) is 2. The maximum atomic E-state index is 5.41. The summed E-state index contributed by atoms with van der Waals surface area (Å²) in [4.78, 5) is 10.7. The molecule has 0 unspecified atom stereocenters. The second kappa shape index (κ2) is 12.1. The minimum absolute atomic E-state index is 0.650. The third kappa shape index (κ3) is 4.70. The lowest BCUT2D eigenvalue weighted by atomic mass is 9.98. The van der Waals surface area contributed by atoms with Crippen molar-refractivity contribution in [2.24, 2.45) is 0 Å². The molecule has 4 heteroatoms. The number of aromatic nitrogens is 4. The van der Waals surface area contributed by atoms with Crippen LogP contribution in [-0.4, -0.2) is 19.1 Å². The van der Waals surface area contributed by atoms with Gasteiger partial charge in [0.25, 0.3) is 0 Å². The van der Waals surface area contributed by atoms with Crippen molar-refractivity contribution in [2.75, 3.05) is 0 Å². The topological polar surface area (TPSA) is 35.6 Å². The molecule has 0 saturated carbocycles. The molecule has 3 heterocycles. The summed E-state index contributed by atoms with van der Waals surface area (Å²) in [7, 11) is 0. The maximum Gasteiger partial charge on any atom is 0.235 e. The van der Waals surface area contributed by atoms with E-state index in [9.17, 15) is 0 Å². The molecule has 0 saturated heterocycles. The van der Waals surface area contributed by atoms with E-state index in [1.54, 1.807) is 0 Å². The van der Waals surface area contributed by atoms with Crippen molar-refractivity contribution in [1.29, 1.82) is 0 Å². The fourth-order valence-corrected chi connectivity index (χ4v) is 8.33. The van der Waals surface area contributed by atoms with E-state index in [0.29, 0.717) is 5.95 Å². The molecule has 0 N–H and O–H groups in total. The summed E-state index contributed by atoms with van der Waals surface area (Å²) < 4.78 is 4.62. The summed E-state index contributed by atoms with van der Waals surface area (Å²) in [6, 6.07) is 69.0. The number of rotatable bonds is 5. The Morgan fingerprint density at radius 3 is 1.78 bits per heavy atom. The van der Waals surface area contributed by atoms with Gasteiger partial charge in [-0.1, -0.05) is 146 Å². The molecule has 0 fully saturated rings. The van der Waals surface area contributed by atoms with Gasteiger partial charge in [-0.3, -0.25) is 4.57 Å². The zero-order valence-electron chi connectivity index (χ0n) is 29.3. The predicted octanol–water partition coefficient (Wildman–Crippen LogP) is 12.8. The van der Waals surface area contributed by atoms with E-state index >= 15 is 0 Å². The van der Waals surface area contributed by atoms with E-state index in [4.69, 9.17) is 9.97 Å². The third-order valence-corrected chi connectivity index (χ3v) is 10.7. The molecule has 54 heavy (non-hydrogen) atoms. The Bertz CT molecular complexity index is 3210. The quantitative estimate of drug-likeness (QED) is 0.180. The number of para-hydroxylation sites is 4. The first-order valence-electron chi connectivity index (χ1n) is 18.3. The van der Waals surface area contributed by atoms with Crippen LogP contribution in [0.5, 0.6) is 0 Å². The molecule has 0 aliphatic rings. The molecule has 0 aliphatic heterocycles. The summed E-state index contributed by atoms with van der Waals surface area (Å²) in [5, 5.41) is 5.85. The summed E-state index contributed by atoms with van der Waals surface area (Å²) in [5.74, 6) is 0.650. The van der Waals surface area contributed by atoms with Crippen LogP contribution in [0.1, 0.15) is 0 Å². The van der Waals surface area contributed by atoms with Gasteiger partial charge in [0.05, 0.1) is 33.3 Å². The second-order valence-electron chi connectivity index (χ2n) is 13.8. The Morgan fingerprint density at radius 2 is 0.944 bits per heavy atom. The van der Waals surface area contributed by atoms with Crippen LogP contribution in [0.4, 0.5) is 0 Å². The van der Waals surface area contributed by atoms with E-state index < -0.39 is 0 Å². The van der Waals surface area contributed by atoms with Crippen molar-refractivity contribution in [3.63, 3.8) is 0 Å². The highest BCUT2D eigenvalue weighted by Crippen LogP contribution is 2.41. The largest absolute Gasteiger partial charge is 0.309 e. The van der Waals surface area contributed by atoms with E-state index in [-0.39, 0.29) is 0 Å². The molecule has 0 spiro atoms. The first kappa shape index (κ1) is 30.3. The lowest BCUT2D eigenvalue weighted by molar-refractivity contribution is 1.01. The lowest BCUT2D eigenvalue weighted by Gasteiger charge is -2.13. The van der Waals surface area contributed by atoms with E-state index in [1.165, 1.54) is 38.3 Å².